The van der Waals surface area contributed by atoms with Gasteiger partial charge in [-0.2, -0.15) is 0 Å². The molecular weight excluding hydrogens is 552 g/mol. The zero-order chi connectivity index (χ0) is 32.1. The molecule has 2 bridgehead atoms. The van der Waals surface area contributed by atoms with Crippen molar-refractivity contribution in [1.29, 1.82) is 0 Å². The topological polar surface area (TPSA) is 78.9 Å². The molecule has 3 aromatic carbocycles. The number of rotatable bonds is 9. The van der Waals surface area contributed by atoms with E-state index in [4.69, 9.17) is 14.2 Å². The Labute approximate surface area is 261 Å². The number of carbonyl (C=O) groups is 3. The lowest BCUT2D eigenvalue weighted by Crippen LogP contribution is -2.46. The van der Waals surface area contributed by atoms with Crippen LogP contribution in [-0.4, -0.2) is 29.6 Å². The molecule has 0 aliphatic heterocycles. The first-order valence-corrected chi connectivity index (χ1v) is 16.0. The van der Waals surface area contributed by atoms with Crippen molar-refractivity contribution in [2.45, 2.75) is 106 Å². The number of esters is 3. The van der Waals surface area contributed by atoms with Crippen molar-refractivity contribution in [2.24, 2.45) is 28.1 Å². The Morgan fingerprint density at radius 3 is 1.84 bits per heavy atom. The molecule has 2 fully saturated rings. The fourth-order valence-electron chi connectivity index (χ4n) is 7.56. The molecule has 6 heteroatoms. The predicted molar refractivity (Wildman–Crippen MR) is 173 cm³/mol. The Hall–Kier alpha value is -3.41. The molecule has 0 N–H and O–H groups in total. The Balaban J connectivity index is 1.37. The molecule has 6 nitrogen and oxygen atoms in total. The van der Waals surface area contributed by atoms with Gasteiger partial charge in [0.2, 0.25) is 0 Å². The minimum absolute atomic E-state index is 0.103. The summed E-state index contributed by atoms with van der Waals surface area (Å²) in [6.07, 6.45) is 4.52. The van der Waals surface area contributed by atoms with Gasteiger partial charge >= 0.3 is 17.9 Å². The number of hydrogen-bond acceptors (Lipinski definition) is 6. The van der Waals surface area contributed by atoms with Gasteiger partial charge in [-0.15, -0.1) is 0 Å². The van der Waals surface area contributed by atoms with Crippen LogP contribution in [0.1, 0.15) is 93.9 Å². The van der Waals surface area contributed by atoms with E-state index in [0.29, 0.717) is 17.6 Å². The highest BCUT2D eigenvalue weighted by molar-refractivity contribution is 5.99. The quantitative estimate of drug-likeness (QED) is 0.139. The lowest BCUT2D eigenvalue weighted by molar-refractivity contribution is -0.175. The van der Waals surface area contributed by atoms with Gasteiger partial charge in [0, 0.05) is 0 Å². The summed E-state index contributed by atoms with van der Waals surface area (Å²) < 4.78 is 17.9. The summed E-state index contributed by atoms with van der Waals surface area (Å²) in [5.74, 6) is 0.291. The summed E-state index contributed by atoms with van der Waals surface area (Å²) in [4.78, 5) is 41.1. The van der Waals surface area contributed by atoms with Crippen LogP contribution in [0, 0.1) is 28.1 Å². The number of hydrogen-bond donors (Lipinski definition) is 0. The minimum atomic E-state index is -1.13. The van der Waals surface area contributed by atoms with Crippen LogP contribution in [0.25, 0.3) is 21.5 Å². The van der Waals surface area contributed by atoms with Crippen LogP contribution in [-0.2, 0) is 23.9 Å². The van der Waals surface area contributed by atoms with Gasteiger partial charge in [0.25, 0.3) is 0 Å². The van der Waals surface area contributed by atoms with Crippen molar-refractivity contribution in [3.05, 3.63) is 54.6 Å². The van der Waals surface area contributed by atoms with E-state index in [9.17, 15) is 14.4 Å². The summed E-state index contributed by atoms with van der Waals surface area (Å²) in [5.41, 5.74) is -3.84. The summed E-state index contributed by atoms with van der Waals surface area (Å²) in [6, 6.07) is 18.0. The highest BCUT2D eigenvalue weighted by Gasteiger charge is 2.51. The first-order chi connectivity index (χ1) is 20.4. The second-order valence-electron chi connectivity index (χ2n) is 15.9. The lowest BCUT2D eigenvalue weighted by atomic mass is 9.66. The second-order valence-corrected chi connectivity index (χ2v) is 15.9. The zero-order valence-electron chi connectivity index (χ0n) is 27.6. The summed E-state index contributed by atoms with van der Waals surface area (Å²) in [6.45, 7) is 14.5. The molecule has 236 valence electrons. The molecule has 0 heterocycles. The Bertz CT molecular complexity index is 1580. The molecule has 2 saturated carbocycles. The molecule has 2 aliphatic carbocycles. The van der Waals surface area contributed by atoms with Gasteiger partial charge in [-0.3, -0.25) is 14.4 Å². The Kier molecular flexibility index (Phi) is 8.37. The number of ether oxygens (including phenoxy) is 3. The standard InChI is InChI=1S/C38H48O6/c1-35(2,3)44-33(40)37(6,7)23-38(8,34(41)43-31-18-24-13-14-28(31)17-24)22-36(4,5)32(39)42-30-16-15-27-19-25-11-9-10-12-26(25)20-29(27)21-30/h9-12,15-16,19-21,24,28,31H,13-14,17-18,22-23H2,1-8H3. The largest absolute Gasteiger partial charge is 0.462 e. The summed E-state index contributed by atoms with van der Waals surface area (Å²) in [5, 5.41) is 4.30. The highest BCUT2D eigenvalue weighted by Crippen LogP contribution is 2.49. The number of fused-ring (bicyclic) bond motifs is 4. The van der Waals surface area contributed by atoms with E-state index in [-0.39, 0.29) is 30.9 Å². The third-order valence-electron chi connectivity index (χ3n) is 9.48. The first kappa shape index (κ1) is 32.0. The summed E-state index contributed by atoms with van der Waals surface area (Å²) in [7, 11) is 0. The Morgan fingerprint density at radius 2 is 1.27 bits per heavy atom. The van der Waals surface area contributed by atoms with Crippen molar-refractivity contribution in [2.75, 3.05) is 0 Å². The summed E-state index contributed by atoms with van der Waals surface area (Å²) >= 11 is 0. The smallest absolute Gasteiger partial charge is 0.316 e. The average molecular weight is 601 g/mol. The molecule has 0 spiro atoms. The van der Waals surface area contributed by atoms with E-state index in [1.165, 1.54) is 6.42 Å². The van der Waals surface area contributed by atoms with Crippen LogP contribution >= 0.6 is 0 Å². The minimum Gasteiger partial charge on any atom is -0.462 e. The third-order valence-corrected chi connectivity index (χ3v) is 9.48. The fourth-order valence-corrected chi connectivity index (χ4v) is 7.56. The molecule has 2 aliphatic rings. The molecule has 4 atom stereocenters. The highest BCUT2D eigenvalue weighted by atomic mass is 16.6. The maximum atomic E-state index is 14.1. The third kappa shape index (κ3) is 6.95. The first-order valence-electron chi connectivity index (χ1n) is 16.0. The van der Waals surface area contributed by atoms with Gasteiger partial charge in [-0.05, 0) is 152 Å². The van der Waals surface area contributed by atoms with E-state index in [1.807, 2.05) is 52.0 Å². The second kappa shape index (κ2) is 11.5. The van der Waals surface area contributed by atoms with Crippen LogP contribution < -0.4 is 4.74 Å². The van der Waals surface area contributed by atoms with Gasteiger partial charge < -0.3 is 14.2 Å². The van der Waals surface area contributed by atoms with Gasteiger partial charge in [0.05, 0.1) is 16.2 Å². The van der Waals surface area contributed by atoms with Gasteiger partial charge in [-0.25, -0.2) is 0 Å². The van der Waals surface area contributed by atoms with Crippen molar-refractivity contribution in [1.82, 2.24) is 0 Å². The zero-order valence-corrected chi connectivity index (χ0v) is 27.6. The molecule has 4 unspecified atom stereocenters. The normalized spacial score (nSPS) is 21.7. The lowest BCUT2D eigenvalue weighted by Gasteiger charge is -2.40. The predicted octanol–water partition coefficient (Wildman–Crippen LogP) is 8.81. The number of carbonyl (C=O) groups excluding carboxylic acids is 3. The molecule has 0 amide bonds. The molecule has 0 radical (unpaired) electrons. The van der Waals surface area contributed by atoms with Crippen molar-refractivity contribution >= 4 is 39.5 Å². The average Bonchev–Trinajstić information content (AvgIpc) is 3.54. The maximum Gasteiger partial charge on any atom is 0.316 e. The van der Waals surface area contributed by atoms with Crippen LogP contribution in [0.4, 0.5) is 0 Å². The van der Waals surface area contributed by atoms with Crippen molar-refractivity contribution in [3.63, 3.8) is 0 Å². The molecular formula is C38H48O6. The van der Waals surface area contributed by atoms with Gasteiger partial charge in [0.1, 0.15) is 17.5 Å². The molecule has 0 aromatic heterocycles. The SMILES string of the molecule is CC(C)(C)OC(=O)C(C)(C)CC(C)(CC(C)(C)C(=O)Oc1ccc2cc3ccccc3cc2c1)C(=O)OC1CC2CCC1C2. The van der Waals surface area contributed by atoms with Crippen LogP contribution in [0.2, 0.25) is 0 Å². The Morgan fingerprint density at radius 1 is 0.682 bits per heavy atom. The molecule has 5 rings (SSSR count). The fraction of sp³-hybridized carbons (Fsp3) is 0.553. The molecule has 3 aromatic rings. The van der Waals surface area contributed by atoms with E-state index in [0.717, 1.165) is 40.8 Å². The molecule has 44 heavy (non-hydrogen) atoms. The molecule has 0 saturated heterocycles. The van der Waals surface area contributed by atoms with Crippen LogP contribution in [0.3, 0.4) is 0 Å². The van der Waals surface area contributed by atoms with Crippen molar-refractivity contribution in [3.8, 4) is 5.75 Å². The monoisotopic (exact) mass is 600 g/mol. The van der Waals surface area contributed by atoms with Crippen molar-refractivity contribution < 1.29 is 28.6 Å². The maximum absolute atomic E-state index is 14.1. The van der Waals surface area contributed by atoms with Gasteiger partial charge in [0.15, 0.2) is 0 Å². The number of benzene rings is 3. The van der Waals surface area contributed by atoms with E-state index in [2.05, 4.69) is 24.3 Å². The van der Waals surface area contributed by atoms with Crippen LogP contribution in [0.5, 0.6) is 5.75 Å². The van der Waals surface area contributed by atoms with E-state index >= 15 is 0 Å². The van der Waals surface area contributed by atoms with E-state index < -0.39 is 27.8 Å². The van der Waals surface area contributed by atoms with Gasteiger partial charge in [-0.1, -0.05) is 30.3 Å². The van der Waals surface area contributed by atoms with E-state index in [1.54, 1.807) is 33.8 Å². The van der Waals surface area contributed by atoms with Crippen LogP contribution in [0.15, 0.2) is 54.6 Å².